The molecular formula is C19H26N6O3. The molecule has 2 heterocycles. The van der Waals surface area contributed by atoms with E-state index in [2.05, 4.69) is 34.7 Å². The van der Waals surface area contributed by atoms with Crippen molar-refractivity contribution in [2.45, 2.75) is 46.6 Å². The first-order valence-electron chi connectivity index (χ1n) is 9.25. The number of aryl methyl sites for hydroxylation is 1. The molecule has 1 aliphatic carbocycles. The van der Waals surface area contributed by atoms with Crippen LogP contribution in [0.3, 0.4) is 0 Å². The second-order valence-corrected chi connectivity index (χ2v) is 7.82. The van der Waals surface area contributed by atoms with Crippen LogP contribution in [0.2, 0.25) is 0 Å². The summed E-state index contributed by atoms with van der Waals surface area (Å²) >= 11 is 0. The molecule has 0 radical (unpaired) electrons. The third-order valence-electron chi connectivity index (χ3n) is 4.74. The number of nitrogens with one attached hydrogen (secondary N) is 2. The van der Waals surface area contributed by atoms with Gasteiger partial charge in [0.05, 0.1) is 12.0 Å². The third-order valence-corrected chi connectivity index (χ3v) is 4.74. The summed E-state index contributed by atoms with van der Waals surface area (Å²) in [5, 5.41) is 7.05. The molecule has 0 unspecified atom stereocenters. The molecule has 1 aliphatic rings. The van der Waals surface area contributed by atoms with Crippen molar-refractivity contribution in [3.8, 4) is 0 Å². The number of carbonyl (C=O) groups is 2. The summed E-state index contributed by atoms with van der Waals surface area (Å²) in [5.74, 6) is 0.747. The smallest absolute Gasteiger partial charge is 0.332 e. The zero-order valence-corrected chi connectivity index (χ0v) is 16.4. The average Bonchev–Trinajstić information content (AvgIpc) is 3.23. The number of imidazole rings is 1. The molecule has 2 aromatic heterocycles. The molecule has 0 atom stereocenters. The number of amides is 3. The monoisotopic (exact) mass is 386 g/mol. The van der Waals surface area contributed by atoms with Crippen LogP contribution in [-0.2, 0) is 13.0 Å². The van der Waals surface area contributed by atoms with Gasteiger partial charge < -0.3 is 20.0 Å². The van der Waals surface area contributed by atoms with E-state index in [4.69, 9.17) is 10.2 Å². The Kier molecular flexibility index (Phi) is 5.53. The standard InChI is InChI=1S/C19H26N6O3/c1-12-15-13(23-24-18(20)27)9-19(2,3)10-14(15)28-16(12)17(26)22-5-4-7-25-8-6-21-11-25/h6,8,11H,4-5,7,9-10H2,1-3H3,(H,22,26)(H3,20,24,27)/b23-13-. The number of primary amides is 1. The van der Waals surface area contributed by atoms with Gasteiger partial charge in [-0.2, -0.15) is 5.10 Å². The third kappa shape index (κ3) is 4.41. The first kappa shape index (κ1) is 19.7. The van der Waals surface area contributed by atoms with Gasteiger partial charge in [-0.15, -0.1) is 0 Å². The van der Waals surface area contributed by atoms with Crippen LogP contribution in [0.25, 0.3) is 0 Å². The van der Waals surface area contributed by atoms with Gasteiger partial charge in [-0.1, -0.05) is 13.8 Å². The number of aromatic nitrogens is 2. The summed E-state index contributed by atoms with van der Waals surface area (Å²) in [6.07, 6.45) is 7.47. The van der Waals surface area contributed by atoms with E-state index in [0.717, 1.165) is 24.1 Å². The number of carbonyl (C=O) groups excluding carboxylic acids is 2. The normalized spacial score (nSPS) is 16.6. The zero-order chi connectivity index (χ0) is 20.3. The van der Waals surface area contributed by atoms with Gasteiger partial charge in [0.1, 0.15) is 5.76 Å². The van der Waals surface area contributed by atoms with Gasteiger partial charge in [-0.25, -0.2) is 15.2 Å². The van der Waals surface area contributed by atoms with E-state index in [1.54, 1.807) is 12.5 Å². The zero-order valence-electron chi connectivity index (χ0n) is 16.4. The number of hydrogen-bond donors (Lipinski definition) is 3. The molecule has 150 valence electrons. The maximum absolute atomic E-state index is 12.6. The predicted molar refractivity (Wildman–Crippen MR) is 104 cm³/mol. The summed E-state index contributed by atoms with van der Waals surface area (Å²) in [7, 11) is 0. The summed E-state index contributed by atoms with van der Waals surface area (Å²) in [4.78, 5) is 27.7. The summed E-state index contributed by atoms with van der Waals surface area (Å²) < 4.78 is 7.88. The van der Waals surface area contributed by atoms with E-state index in [9.17, 15) is 9.59 Å². The van der Waals surface area contributed by atoms with Gasteiger partial charge in [0.2, 0.25) is 0 Å². The molecule has 0 aliphatic heterocycles. The van der Waals surface area contributed by atoms with Crippen molar-refractivity contribution in [1.82, 2.24) is 20.3 Å². The largest absolute Gasteiger partial charge is 0.455 e. The van der Waals surface area contributed by atoms with Crippen LogP contribution in [0.15, 0.2) is 28.2 Å². The van der Waals surface area contributed by atoms with E-state index in [0.29, 0.717) is 30.9 Å². The van der Waals surface area contributed by atoms with Gasteiger partial charge >= 0.3 is 6.03 Å². The molecule has 3 rings (SSSR count). The van der Waals surface area contributed by atoms with E-state index in [1.807, 2.05) is 17.7 Å². The van der Waals surface area contributed by atoms with E-state index < -0.39 is 6.03 Å². The van der Waals surface area contributed by atoms with E-state index in [-0.39, 0.29) is 17.1 Å². The van der Waals surface area contributed by atoms with Crippen molar-refractivity contribution in [1.29, 1.82) is 0 Å². The van der Waals surface area contributed by atoms with Crippen LogP contribution in [-0.4, -0.2) is 33.7 Å². The minimum atomic E-state index is -0.727. The highest BCUT2D eigenvalue weighted by molar-refractivity contribution is 6.07. The molecule has 28 heavy (non-hydrogen) atoms. The SMILES string of the molecule is Cc1c(C(=O)NCCCn2ccnc2)oc2c1/C(=N\NC(N)=O)CC(C)(C)C2. The number of fused-ring (bicyclic) bond motifs is 1. The van der Waals surface area contributed by atoms with Crippen molar-refractivity contribution in [2.75, 3.05) is 6.54 Å². The van der Waals surface area contributed by atoms with Gasteiger partial charge in [-0.05, 0) is 25.2 Å². The van der Waals surface area contributed by atoms with E-state index >= 15 is 0 Å². The van der Waals surface area contributed by atoms with Crippen molar-refractivity contribution in [3.63, 3.8) is 0 Å². The maximum Gasteiger partial charge on any atom is 0.332 e. The lowest BCUT2D eigenvalue weighted by atomic mass is 9.75. The number of hydrazone groups is 1. The highest BCUT2D eigenvalue weighted by Crippen LogP contribution is 2.38. The molecule has 3 amide bonds. The maximum atomic E-state index is 12.6. The van der Waals surface area contributed by atoms with Crippen molar-refractivity contribution < 1.29 is 14.0 Å². The molecule has 0 aromatic carbocycles. The molecule has 0 fully saturated rings. The molecule has 0 bridgehead atoms. The number of nitrogens with zero attached hydrogens (tertiary/aromatic N) is 3. The van der Waals surface area contributed by atoms with Crippen molar-refractivity contribution in [2.24, 2.45) is 16.3 Å². The first-order valence-corrected chi connectivity index (χ1v) is 9.25. The van der Waals surface area contributed by atoms with Gasteiger partial charge in [0.15, 0.2) is 5.76 Å². The highest BCUT2D eigenvalue weighted by Gasteiger charge is 2.36. The van der Waals surface area contributed by atoms with Crippen LogP contribution < -0.4 is 16.5 Å². The number of rotatable bonds is 6. The topological polar surface area (TPSA) is 128 Å². The van der Waals surface area contributed by atoms with Crippen LogP contribution in [0.4, 0.5) is 4.79 Å². The minimum Gasteiger partial charge on any atom is -0.455 e. The lowest BCUT2D eigenvalue weighted by molar-refractivity contribution is 0.0921. The van der Waals surface area contributed by atoms with Crippen LogP contribution in [0.5, 0.6) is 0 Å². The molecule has 4 N–H and O–H groups in total. The Morgan fingerprint density at radius 2 is 2.18 bits per heavy atom. The number of furan rings is 1. The van der Waals surface area contributed by atoms with Crippen LogP contribution in [0, 0.1) is 12.3 Å². The van der Waals surface area contributed by atoms with Gasteiger partial charge in [-0.3, -0.25) is 4.79 Å². The molecule has 0 saturated carbocycles. The molecular weight excluding hydrogens is 360 g/mol. The number of hydrogen-bond acceptors (Lipinski definition) is 5. The quantitative estimate of drug-likeness (QED) is 0.518. The summed E-state index contributed by atoms with van der Waals surface area (Å²) in [6, 6.07) is -0.727. The van der Waals surface area contributed by atoms with Gasteiger partial charge in [0, 0.05) is 43.0 Å². The van der Waals surface area contributed by atoms with Crippen molar-refractivity contribution in [3.05, 3.63) is 41.4 Å². The number of nitrogens with two attached hydrogens (primary N) is 1. The lowest BCUT2D eigenvalue weighted by Gasteiger charge is -2.29. The number of urea groups is 1. The summed E-state index contributed by atoms with van der Waals surface area (Å²) in [6.45, 7) is 7.31. The molecule has 2 aromatic rings. The second-order valence-electron chi connectivity index (χ2n) is 7.82. The Labute approximate surface area is 163 Å². The van der Waals surface area contributed by atoms with E-state index in [1.165, 1.54) is 0 Å². The first-order chi connectivity index (χ1) is 13.3. The fraction of sp³-hybridized carbons (Fsp3) is 0.474. The molecule has 9 heteroatoms. The van der Waals surface area contributed by atoms with Gasteiger partial charge in [0.25, 0.3) is 5.91 Å². The Morgan fingerprint density at radius 1 is 1.39 bits per heavy atom. The minimum absolute atomic E-state index is 0.103. The molecule has 0 spiro atoms. The highest BCUT2D eigenvalue weighted by atomic mass is 16.4. The fourth-order valence-corrected chi connectivity index (χ4v) is 3.51. The Hall–Kier alpha value is -3.10. The molecule has 9 nitrogen and oxygen atoms in total. The predicted octanol–water partition coefficient (Wildman–Crippen LogP) is 1.95. The lowest BCUT2D eigenvalue weighted by Crippen LogP contribution is -2.31. The molecule has 0 saturated heterocycles. The van der Waals surface area contributed by atoms with Crippen molar-refractivity contribution >= 4 is 17.6 Å². The Bertz CT molecular complexity index is 895. The van der Waals surface area contributed by atoms with Crippen LogP contribution >= 0.6 is 0 Å². The fourth-order valence-electron chi connectivity index (χ4n) is 3.51. The van der Waals surface area contributed by atoms with Crippen LogP contribution in [0.1, 0.15) is 54.1 Å². The average molecular weight is 386 g/mol. The summed E-state index contributed by atoms with van der Waals surface area (Å²) in [5.41, 5.74) is 9.52. The second kappa shape index (κ2) is 7.87. The Balaban J connectivity index is 1.73. The Morgan fingerprint density at radius 3 is 2.86 bits per heavy atom.